The molecule has 0 spiro atoms. The number of nitrogens with one attached hydrogen (secondary N) is 1. The monoisotopic (exact) mass is 245 g/mol. The van der Waals surface area contributed by atoms with Gasteiger partial charge in [-0.25, -0.2) is 4.98 Å². The first-order valence-electron chi connectivity index (χ1n) is 6.09. The van der Waals surface area contributed by atoms with E-state index in [-0.39, 0.29) is 12.0 Å². The number of hydrogen-bond acceptors (Lipinski definition) is 3. The molecule has 1 saturated heterocycles. The zero-order valence-corrected chi connectivity index (χ0v) is 10.2. The molecule has 5 nitrogen and oxygen atoms in total. The minimum Gasteiger partial charge on any atom is -0.368 e. The van der Waals surface area contributed by atoms with Gasteiger partial charge in [0.1, 0.15) is 6.10 Å². The number of amides is 1. The number of hydrogen-bond donors (Lipinski definition) is 1. The summed E-state index contributed by atoms with van der Waals surface area (Å²) < 4.78 is 7.23. The molecule has 0 unspecified atom stereocenters. The molecule has 0 saturated carbocycles. The van der Waals surface area contributed by atoms with Crippen LogP contribution >= 0.6 is 0 Å². The minimum atomic E-state index is -0.329. The van der Waals surface area contributed by atoms with E-state index in [4.69, 9.17) is 4.74 Å². The van der Waals surface area contributed by atoms with Gasteiger partial charge in [0.05, 0.1) is 11.0 Å². The van der Waals surface area contributed by atoms with Crippen LogP contribution in [0.2, 0.25) is 0 Å². The second-order valence-electron chi connectivity index (χ2n) is 4.47. The van der Waals surface area contributed by atoms with E-state index in [1.165, 1.54) is 0 Å². The van der Waals surface area contributed by atoms with Gasteiger partial charge in [-0.2, -0.15) is 0 Å². The Morgan fingerprint density at radius 2 is 2.33 bits per heavy atom. The molecule has 0 radical (unpaired) electrons. The molecular formula is C13H15N3O2. The van der Waals surface area contributed by atoms with Crippen molar-refractivity contribution in [2.24, 2.45) is 7.05 Å². The lowest BCUT2D eigenvalue weighted by atomic mass is 10.2. The van der Waals surface area contributed by atoms with Crippen molar-refractivity contribution >= 4 is 22.9 Å². The van der Waals surface area contributed by atoms with Crippen LogP contribution < -0.4 is 5.32 Å². The molecule has 0 bridgehead atoms. The smallest absolute Gasteiger partial charge is 0.255 e. The fraction of sp³-hybridized carbons (Fsp3) is 0.385. The Morgan fingerprint density at radius 3 is 3.06 bits per heavy atom. The number of aryl methyl sites for hydroxylation is 1. The number of fused-ring (bicyclic) bond motifs is 1. The molecule has 1 aromatic heterocycles. The topological polar surface area (TPSA) is 56.2 Å². The maximum Gasteiger partial charge on any atom is 0.255 e. The summed E-state index contributed by atoms with van der Waals surface area (Å²) in [4.78, 5) is 16.4. The number of imidazole rings is 1. The van der Waals surface area contributed by atoms with Gasteiger partial charge < -0.3 is 9.30 Å². The molecular weight excluding hydrogens is 230 g/mol. The third-order valence-corrected chi connectivity index (χ3v) is 3.24. The Labute approximate surface area is 105 Å². The average molecular weight is 245 g/mol. The maximum absolute atomic E-state index is 12.0. The summed E-state index contributed by atoms with van der Waals surface area (Å²) in [7, 11) is 1.89. The third-order valence-electron chi connectivity index (χ3n) is 3.24. The molecule has 2 heterocycles. The molecule has 1 amide bonds. The number of carbonyl (C=O) groups is 1. The number of aromatic nitrogens is 2. The van der Waals surface area contributed by atoms with Crippen LogP contribution in [0.15, 0.2) is 24.3 Å². The SMILES string of the molecule is Cn1c(NC(=O)[C@@H]2CCCO2)nc2ccccc21. The van der Waals surface area contributed by atoms with Gasteiger partial charge in [-0.3, -0.25) is 10.1 Å². The third kappa shape index (κ3) is 1.86. The fourth-order valence-electron chi connectivity index (χ4n) is 2.23. The summed E-state index contributed by atoms with van der Waals surface area (Å²) in [5, 5.41) is 2.83. The highest BCUT2D eigenvalue weighted by Crippen LogP contribution is 2.19. The minimum absolute atomic E-state index is 0.106. The van der Waals surface area contributed by atoms with E-state index in [0.29, 0.717) is 12.6 Å². The summed E-state index contributed by atoms with van der Waals surface area (Å²) in [6, 6.07) is 7.79. The summed E-state index contributed by atoms with van der Waals surface area (Å²) in [6.07, 6.45) is 1.40. The molecule has 1 atom stereocenters. The van der Waals surface area contributed by atoms with E-state index < -0.39 is 0 Å². The van der Waals surface area contributed by atoms with Gasteiger partial charge >= 0.3 is 0 Å². The Bertz CT molecular complexity index is 585. The van der Waals surface area contributed by atoms with Crippen molar-refractivity contribution in [3.8, 4) is 0 Å². The second-order valence-corrected chi connectivity index (χ2v) is 4.47. The van der Waals surface area contributed by atoms with Crippen molar-refractivity contribution in [2.45, 2.75) is 18.9 Å². The van der Waals surface area contributed by atoms with Gasteiger partial charge in [0.25, 0.3) is 5.91 Å². The van der Waals surface area contributed by atoms with E-state index in [1.807, 2.05) is 35.9 Å². The first kappa shape index (κ1) is 11.2. The predicted octanol–water partition coefficient (Wildman–Crippen LogP) is 1.69. The Kier molecular flexibility index (Phi) is 2.76. The summed E-state index contributed by atoms with van der Waals surface area (Å²) in [5.41, 5.74) is 1.88. The van der Waals surface area contributed by atoms with Gasteiger partial charge in [-0.1, -0.05) is 12.1 Å². The molecule has 1 aromatic carbocycles. The van der Waals surface area contributed by atoms with Crippen LogP contribution in [0.25, 0.3) is 11.0 Å². The van der Waals surface area contributed by atoms with Crippen molar-refractivity contribution < 1.29 is 9.53 Å². The van der Waals surface area contributed by atoms with Gasteiger partial charge in [-0.15, -0.1) is 0 Å². The van der Waals surface area contributed by atoms with Crippen LogP contribution in [0.4, 0.5) is 5.95 Å². The van der Waals surface area contributed by atoms with E-state index in [1.54, 1.807) is 0 Å². The molecule has 5 heteroatoms. The Morgan fingerprint density at radius 1 is 1.50 bits per heavy atom. The second kappa shape index (κ2) is 4.42. The zero-order chi connectivity index (χ0) is 12.5. The molecule has 1 N–H and O–H groups in total. The van der Waals surface area contributed by atoms with Crippen molar-refractivity contribution in [3.63, 3.8) is 0 Å². The number of para-hydroxylation sites is 2. The Hall–Kier alpha value is -1.88. The standard InChI is InChI=1S/C13H15N3O2/c1-16-10-6-3-2-5-9(10)14-13(16)15-12(17)11-7-4-8-18-11/h2-3,5-6,11H,4,7-8H2,1H3,(H,14,15,17)/t11-/m0/s1. The van der Waals surface area contributed by atoms with Gasteiger partial charge in [0.2, 0.25) is 5.95 Å². The molecule has 2 aromatic rings. The molecule has 94 valence electrons. The van der Waals surface area contributed by atoms with E-state index >= 15 is 0 Å². The first-order valence-corrected chi connectivity index (χ1v) is 6.09. The number of ether oxygens (including phenoxy) is 1. The Balaban J connectivity index is 1.86. The lowest BCUT2D eigenvalue weighted by Gasteiger charge is -2.09. The summed E-state index contributed by atoms with van der Waals surface area (Å²) in [6.45, 7) is 0.667. The van der Waals surface area contributed by atoms with E-state index in [0.717, 1.165) is 23.9 Å². The van der Waals surface area contributed by atoms with Crippen molar-refractivity contribution in [1.82, 2.24) is 9.55 Å². The van der Waals surface area contributed by atoms with E-state index in [2.05, 4.69) is 10.3 Å². The van der Waals surface area contributed by atoms with Gasteiger partial charge in [0, 0.05) is 13.7 Å². The van der Waals surface area contributed by atoms with Crippen LogP contribution in [0.3, 0.4) is 0 Å². The largest absolute Gasteiger partial charge is 0.368 e. The quantitative estimate of drug-likeness (QED) is 0.876. The van der Waals surface area contributed by atoms with Gasteiger partial charge in [0.15, 0.2) is 0 Å². The molecule has 3 rings (SSSR count). The normalized spacial score (nSPS) is 19.3. The number of carbonyl (C=O) groups excluding carboxylic acids is 1. The van der Waals surface area contributed by atoms with Crippen molar-refractivity contribution in [2.75, 3.05) is 11.9 Å². The average Bonchev–Trinajstić information content (AvgIpc) is 3.00. The first-order chi connectivity index (χ1) is 8.75. The zero-order valence-electron chi connectivity index (χ0n) is 10.2. The van der Waals surface area contributed by atoms with Crippen molar-refractivity contribution in [3.05, 3.63) is 24.3 Å². The predicted molar refractivity (Wildman–Crippen MR) is 68.3 cm³/mol. The van der Waals surface area contributed by atoms with Crippen LogP contribution in [-0.4, -0.2) is 28.2 Å². The van der Waals surface area contributed by atoms with Crippen LogP contribution in [0.1, 0.15) is 12.8 Å². The number of nitrogens with zero attached hydrogens (tertiary/aromatic N) is 2. The van der Waals surface area contributed by atoms with Gasteiger partial charge in [-0.05, 0) is 25.0 Å². The summed E-state index contributed by atoms with van der Waals surface area (Å²) in [5.74, 6) is 0.461. The molecule has 0 aliphatic carbocycles. The summed E-state index contributed by atoms with van der Waals surface area (Å²) >= 11 is 0. The van der Waals surface area contributed by atoms with Crippen LogP contribution in [0, 0.1) is 0 Å². The maximum atomic E-state index is 12.0. The highest BCUT2D eigenvalue weighted by atomic mass is 16.5. The lowest BCUT2D eigenvalue weighted by molar-refractivity contribution is -0.124. The van der Waals surface area contributed by atoms with Crippen molar-refractivity contribution in [1.29, 1.82) is 0 Å². The molecule has 18 heavy (non-hydrogen) atoms. The fourth-order valence-corrected chi connectivity index (χ4v) is 2.23. The van der Waals surface area contributed by atoms with Crippen LogP contribution in [0.5, 0.6) is 0 Å². The molecule has 1 fully saturated rings. The highest BCUT2D eigenvalue weighted by molar-refractivity contribution is 5.94. The number of benzene rings is 1. The highest BCUT2D eigenvalue weighted by Gasteiger charge is 2.24. The number of rotatable bonds is 2. The van der Waals surface area contributed by atoms with E-state index in [9.17, 15) is 4.79 Å². The van der Waals surface area contributed by atoms with Crippen LogP contribution in [-0.2, 0) is 16.6 Å². The lowest BCUT2D eigenvalue weighted by Crippen LogP contribution is -2.28. The molecule has 1 aliphatic heterocycles. The number of anilines is 1. The molecule has 1 aliphatic rings.